The van der Waals surface area contributed by atoms with E-state index in [2.05, 4.69) is 41.8 Å². The highest BCUT2D eigenvalue weighted by Crippen LogP contribution is 2.15. The second-order valence-electron chi connectivity index (χ2n) is 4.03. The Morgan fingerprint density at radius 3 is 2.40 bits per heavy atom. The van der Waals surface area contributed by atoms with Crippen molar-refractivity contribution in [3.8, 4) is 0 Å². The van der Waals surface area contributed by atoms with Crippen LogP contribution >= 0.6 is 0 Å². The molecule has 0 amide bonds. The van der Waals surface area contributed by atoms with E-state index in [9.17, 15) is 0 Å². The predicted octanol–water partition coefficient (Wildman–Crippen LogP) is 1.59. The van der Waals surface area contributed by atoms with E-state index in [1.165, 1.54) is 16.8 Å². The molecule has 0 spiro atoms. The van der Waals surface area contributed by atoms with Crippen LogP contribution in [0, 0.1) is 20.8 Å². The van der Waals surface area contributed by atoms with Gasteiger partial charge in [0.2, 0.25) is 0 Å². The molecule has 2 aromatic rings. The lowest BCUT2D eigenvalue weighted by molar-refractivity contribution is 0.707. The average molecular weight is 204 g/mol. The standard InChI is InChI=1S/C11H16N4/c1-8-5-15(10(3)9(8)2)7-11-6-14(4)13-12-11/h5-6H,7H2,1-4H3. The van der Waals surface area contributed by atoms with Gasteiger partial charge >= 0.3 is 0 Å². The summed E-state index contributed by atoms with van der Waals surface area (Å²) in [6.45, 7) is 7.22. The molecule has 0 aliphatic carbocycles. The highest BCUT2D eigenvalue weighted by atomic mass is 15.4. The van der Waals surface area contributed by atoms with Crippen LogP contribution in [-0.4, -0.2) is 19.6 Å². The summed E-state index contributed by atoms with van der Waals surface area (Å²) < 4.78 is 3.95. The van der Waals surface area contributed by atoms with Crippen LogP contribution in [-0.2, 0) is 13.6 Å². The van der Waals surface area contributed by atoms with Gasteiger partial charge in [-0.25, -0.2) is 0 Å². The minimum absolute atomic E-state index is 0.800. The molecule has 2 aromatic heterocycles. The Morgan fingerprint density at radius 2 is 1.93 bits per heavy atom. The molecule has 0 atom stereocenters. The van der Waals surface area contributed by atoms with Crippen LogP contribution in [0.4, 0.5) is 0 Å². The molecule has 2 heterocycles. The highest BCUT2D eigenvalue weighted by Gasteiger charge is 2.07. The molecule has 0 aliphatic heterocycles. The van der Waals surface area contributed by atoms with Crippen molar-refractivity contribution in [2.24, 2.45) is 7.05 Å². The first kappa shape index (κ1) is 9.96. The maximum Gasteiger partial charge on any atom is 0.102 e. The highest BCUT2D eigenvalue weighted by molar-refractivity contribution is 5.29. The Morgan fingerprint density at radius 1 is 1.20 bits per heavy atom. The van der Waals surface area contributed by atoms with Crippen LogP contribution in [0.2, 0.25) is 0 Å². The Balaban J connectivity index is 2.28. The van der Waals surface area contributed by atoms with Crippen LogP contribution in [0.25, 0.3) is 0 Å². The smallest absolute Gasteiger partial charge is 0.102 e. The van der Waals surface area contributed by atoms with Gasteiger partial charge < -0.3 is 4.57 Å². The molecule has 0 saturated carbocycles. The van der Waals surface area contributed by atoms with Gasteiger partial charge in [-0.3, -0.25) is 4.68 Å². The zero-order valence-electron chi connectivity index (χ0n) is 9.65. The molecule has 0 bridgehead atoms. The number of nitrogens with zero attached hydrogens (tertiary/aromatic N) is 4. The fraction of sp³-hybridized carbons (Fsp3) is 0.455. The van der Waals surface area contributed by atoms with Gasteiger partial charge in [-0.1, -0.05) is 5.21 Å². The minimum atomic E-state index is 0.800. The SMILES string of the molecule is Cc1cn(Cc2cn(C)nn2)c(C)c1C. The molecular formula is C11H16N4. The van der Waals surface area contributed by atoms with Gasteiger partial charge in [0.25, 0.3) is 0 Å². The second-order valence-corrected chi connectivity index (χ2v) is 4.03. The summed E-state index contributed by atoms with van der Waals surface area (Å²) >= 11 is 0. The number of hydrogen-bond donors (Lipinski definition) is 0. The van der Waals surface area contributed by atoms with Gasteiger partial charge in [-0.15, -0.1) is 5.10 Å². The summed E-state index contributed by atoms with van der Waals surface area (Å²) in [5, 5.41) is 8.01. The van der Waals surface area contributed by atoms with Gasteiger partial charge in [0.1, 0.15) is 5.69 Å². The van der Waals surface area contributed by atoms with Crippen molar-refractivity contribution in [3.63, 3.8) is 0 Å². The van der Waals surface area contributed by atoms with Gasteiger partial charge in [0.05, 0.1) is 6.54 Å². The Hall–Kier alpha value is -1.58. The maximum absolute atomic E-state index is 4.08. The van der Waals surface area contributed by atoms with Crippen LogP contribution < -0.4 is 0 Å². The summed E-state index contributed by atoms with van der Waals surface area (Å²) in [7, 11) is 1.88. The number of hydrogen-bond acceptors (Lipinski definition) is 2. The molecule has 2 rings (SSSR count). The normalized spacial score (nSPS) is 10.9. The van der Waals surface area contributed by atoms with E-state index in [0.29, 0.717) is 0 Å². The molecule has 0 fully saturated rings. The lowest BCUT2D eigenvalue weighted by Crippen LogP contribution is -2.00. The van der Waals surface area contributed by atoms with Crippen molar-refractivity contribution in [2.45, 2.75) is 27.3 Å². The zero-order valence-corrected chi connectivity index (χ0v) is 9.65. The van der Waals surface area contributed by atoms with E-state index < -0.39 is 0 Å². The molecule has 0 saturated heterocycles. The summed E-state index contributed by atoms with van der Waals surface area (Å²) in [5.74, 6) is 0. The van der Waals surface area contributed by atoms with E-state index >= 15 is 0 Å². The van der Waals surface area contributed by atoms with E-state index in [0.717, 1.165) is 12.2 Å². The van der Waals surface area contributed by atoms with Crippen molar-refractivity contribution < 1.29 is 0 Å². The van der Waals surface area contributed by atoms with Crippen molar-refractivity contribution in [1.82, 2.24) is 19.6 Å². The summed E-state index contributed by atoms with van der Waals surface area (Å²) in [4.78, 5) is 0. The third-order valence-corrected chi connectivity index (χ3v) is 2.90. The molecule has 4 heteroatoms. The predicted molar refractivity (Wildman–Crippen MR) is 58.7 cm³/mol. The topological polar surface area (TPSA) is 35.6 Å². The average Bonchev–Trinajstić information content (AvgIpc) is 2.68. The number of aryl methyl sites for hydroxylation is 2. The van der Waals surface area contributed by atoms with Gasteiger partial charge in [0.15, 0.2) is 0 Å². The lowest BCUT2D eigenvalue weighted by Gasteiger charge is -2.02. The van der Waals surface area contributed by atoms with Crippen molar-refractivity contribution >= 4 is 0 Å². The first-order valence-corrected chi connectivity index (χ1v) is 5.06. The van der Waals surface area contributed by atoms with Crippen LogP contribution in [0.5, 0.6) is 0 Å². The van der Waals surface area contributed by atoms with Crippen LogP contribution in [0.3, 0.4) is 0 Å². The Bertz CT molecular complexity index is 479. The molecule has 80 valence electrons. The zero-order chi connectivity index (χ0) is 11.0. The molecule has 0 radical (unpaired) electrons. The van der Waals surface area contributed by atoms with Gasteiger partial charge in [-0.2, -0.15) is 0 Å². The summed E-state index contributed by atoms with van der Waals surface area (Å²) in [6, 6.07) is 0. The number of rotatable bonds is 2. The largest absolute Gasteiger partial charge is 0.345 e. The summed E-state index contributed by atoms with van der Waals surface area (Å²) in [5.41, 5.74) is 4.99. The van der Waals surface area contributed by atoms with Crippen molar-refractivity contribution in [1.29, 1.82) is 0 Å². The van der Waals surface area contributed by atoms with E-state index in [-0.39, 0.29) is 0 Å². The molecule has 0 aliphatic rings. The fourth-order valence-corrected chi connectivity index (χ4v) is 1.73. The van der Waals surface area contributed by atoms with Gasteiger partial charge in [-0.05, 0) is 31.9 Å². The number of aromatic nitrogens is 4. The maximum atomic E-state index is 4.08. The van der Waals surface area contributed by atoms with Gasteiger partial charge in [0, 0.05) is 25.1 Å². The molecule has 0 N–H and O–H groups in total. The molecule has 0 unspecified atom stereocenters. The van der Waals surface area contributed by atoms with Crippen molar-refractivity contribution in [2.75, 3.05) is 0 Å². The Kier molecular flexibility index (Phi) is 2.34. The van der Waals surface area contributed by atoms with E-state index in [4.69, 9.17) is 0 Å². The van der Waals surface area contributed by atoms with Crippen LogP contribution in [0.1, 0.15) is 22.5 Å². The van der Waals surface area contributed by atoms with E-state index in [1.807, 2.05) is 13.2 Å². The first-order valence-electron chi connectivity index (χ1n) is 5.06. The fourth-order valence-electron chi connectivity index (χ4n) is 1.73. The minimum Gasteiger partial charge on any atom is -0.345 e. The monoisotopic (exact) mass is 204 g/mol. The molecule has 4 nitrogen and oxygen atoms in total. The van der Waals surface area contributed by atoms with Crippen LogP contribution in [0.15, 0.2) is 12.4 Å². The molecular weight excluding hydrogens is 188 g/mol. The molecule has 0 aromatic carbocycles. The third kappa shape index (κ3) is 1.79. The van der Waals surface area contributed by atoms with Crippen molar-refractivity contribution in [3.05, 3.63) is 34.9 Å². The first-order chi connectivity index (χ1) is 7.08. The Labute approximate surface area is 89.5 Å². The summed E-state index contributed by atoms with van der Waals surface area (Å²) in [6.07, 6.45) is 4.11. The third-order valence-electron chi connectivity index (χ3n) is 2.90. The molecule has 15 heavy (non-hydrogen) atoms. The van der Waals surface area contributed by atoms with E-state index in [1.54, 1.807) is 4.68 Å². The second kappa shape index (κ2) is 3.53. The lowest BCUT2D eigenvalue weighted by atomic mass is 10.2. The quantitative estimate of drug-likeness (QED) is 0.744.